The molecule has 5 rings (SSSR count). The van der Waals surface area contributed by atoms with E-state index in [2.05, 4.69) is 67.3 Å². The van der Waals surface area contributed by atoms with Crippen molar-refractivity contribution in [1.29, 1.82) is 0 Å². The normalized spacial score (nSPS) is 14.5. The maximum atomic E-state index is 8.42. The Morgan fingerprint density at radius 2 is 2.00 bits per heavy atom. The average molecular weight is 466 g/mol. The number of imidazole rings is 1. The van der Waals surface area contributed by atoms with Crippen molar-refractivity contribution in [1.82, 2.24) is 9.55 Å². The lowest BCUT2D eigenvalue weighted by atomic mass is 10.1. The van der Waals surface area contributed by atoms with Crippen molar-refractivity contribution in [2.24, 2.45) is 14.1 Å². The second-order valence-electron chi connectivity index (χ2n) is 7.42. The van der Waals surface area contributed by atoms with Gasteiger partial charge >= 0.3 is 0 Å². The summed E-state index contributed by atoms with van der Waals surface area (Å²) in [4.78, 5) is 8.72. The van der Waals surface area contributed by atoms with Gasteiger partial charge in [-0.15, -0.1) is 4.33 Å². The third-order valence-corrected chi connectivity index (χ3v) is 7.30. The molecule has 162 valence electrons. The van der Waals surface area contributed by atoms with E-state index in [-0.39, 0.29) is 0 Å². The van der Waals surface area contributed by atoms with Gasteiger partial charge in [0.2, 0.25) is 17.0 Å². The van der Waals surface area contributed by atoms with Crippen LogP contribution in [0.15, 0.2) is 75.7 Å². The smallest absolute Gasteiger partial charge is 0.249 e. The highest BCUT2D eigenvalue weighted by molar-refractivity contribution is 8.04. The summed E-state index contributed by atoms with van der Waals surface area (Å²) in [5, 5.41) is 14.4. The summed E-state index contributed by atoms with van der Waals surface area (Å²) in [6, 6.07) is 16.6. The number of fused-ring (bicyclic) bond motifs is 2. The SMILES string of the molecule is CN1C(=Cc2cc(-c3nccn3C)[n+](C)c3ccccc23)Sc2ccc(SOOO)cc21. The van der Waals surface area contributed by atoms with Crippen LogP contribution in [-0.4, -0.2) is 21.9 Å². The van der Waals surface area contributed by atoms with Gasteiger partial charge in [0.05, 0.1) is 28.1 Å². The first-order valence-corrected chi connectivity index (χ1v) is 11.4. The van der Waals surface area contributed by atoms with Crippen LogP contribution in [0, 0.1) is 0 Å². The summed E-state index contributed by atoms with van der Waals surface area (Å²) >= 11 is 2.68. The highest BCUT2D eigenvalue weighted by Gasteiger charge is 2.25. The van der Waals surface area contributed by atoms with Crippen LogP contribution in [0.5, 0.6) is 0 Å². The number of para-hydroxylation sites is 1. The zero-order valence-electron chi connectivity index (χ0n) is 17.7. The monoisotopic (exact) mass is 465 g/mol. The molecule has 3 heterocycles. The first kappa shape index (κ1) is 21.0. The second kappa shape index (κ2) is 8.61. The maximum Gasteiger partial charge on any atom is 0.249 e. The molecule has 9 heteroatoms. The van der Waals surface area contributed by atoms with Crippen LogP contribution in [0.1, 0.15) is 5.56 Å². The minimum Gasteiger partial charge on any atom is -0.338 e. The molecule has 1 N–H and O–H groups in total. The van der Waals surface area contributed by atoms with Crippen LogP contribution in [0.3, 0.4) is 0 Å². The third-order valence-electron chi connectivity index (χ3n) is 5.56. The van der Waals surface area contributed by atoms with Gasteiger partial charge in [0.15, 0.2) is 0 Å². The predicted molar refractivity (Wildman–Crippen MR) is 127 cm³/mol. The minimum absolute atomic E-state index is 0.834. The molecule has 0 saturated carbocycles. The van der Waals surface area contributed by atoms with Gasteiger partial charge in [-0.2, -0.15) is 4.57 Å². The molecule has 0 radical (unpaired) electrons. The van der Waals surface area contributed by atoms with Crippen molar-refractivity contribution in [2.45, 2.75) is 9.79 Å². The molecule has 0 saturated heterocycles. The van der Waals surface area contributed by atoms with E-state index in [0.29, 0.717) is 0 Å². The molecule has 1 aliphatic heterocycles. The maximum absolute atomic E-state index is 8.42. The molecule has 0 unspecified atom stereocenters. The van der Waals surface area contributed by atoms with E-state index in [4.69, 9.17) is 5.26 Å². The highest BCUT2D eigenvalue weighted by atomic mass is 32.2. The van der Waals surface area contributed by atoms with Gasteiger partial charge in [0.1, 0.15) is 7.05 Å². The first-order chi connectivity index (χ1) is 15.6. The molecule has 0 fully saturated rings. The molecule has 2 aromatic heterocycles. The van der Waals surface area contributed by atoms with Gasteiger partial charge in [-0.1, -0.05) is 28.9 Å². The summed E-state index contributed by atoms with van der Waals surface area (Å²) in [6.07, 6.45) is 6.00. The van der Waals surface area contributed by atoms with Gasteiger partial charge in [0.25, 0.3) is 0 Å². The van der Waals surface area contributed by atoms with Crippen molar-refractivity contribution < 1.29 is 19.2 Å². The van der Waals surface area contributed by atoms with Crippen LogP contribution in [0.4, 0.5) is 5.69 Å². The minimum atomic E-state index is 0.834. The molecule has 0 aliphatic carbocycles. The van der Waals surface area contributed by atoms with E-state index in [0.717, 1.165) is 55.1 Å². The Hall–Kier alpha value is -2.82. The van der Waals surface area contributed by atoms with Crippen LogP contribution >= 0.6 is 23.8 Å². The number of benzene rings is 2. The fourth-order valence-corrected chi connectivity index (χ4v) is 5.39. The topological polar surface area (TPSA) is 63.6 Å². The van der Waals surface area contributed by atoms with Gasteiger partial charge in [0, 0.05) is 48.4 Å². The number of nitrogens with zero attached hydrogens (tertiary/aromatic N) is 4. The van der Waals surface area contributed by atoms with Crippen molar-refractivity contribution in [2.75, 3.05) is 11.9 Å². The van der Waals surface area contributed by atoms with Crippen LogP contribution in [-0.2, 0) is 23.5 Å². The quantitative estimate of drug-likeness (QED) is 0.192. The summed E-state index contributed by atoms with van der Waals surface area (Å²) in [5.74, 6) is 0.918. The molecule has 0 spiro atoms. The van der Waals surface area contributed by atoms with E-state index in [1.807, 2.05) is 49.3 Å². The molecule has 4 aromatic rings. The molecule has 1 aliphatic rings. The molecular formula is C23H21N4O3S2+. The van der Waals surface area contributed by atoms with E-state index in [9.17, 15) is 0 Å². The summed E-state index contributed by atoms with van der Waals surface area (Å²) < 4.78 is 8.80. The largest absolute Gasteiger partial charge is 0.338 e. The average Bonchev–Trinajstić information content (AvgIpc) is 3.37. The number of thioether (sulfide) groups is 1. The Labute approximate surface area is 194 Å². The van der Waals surface area contributed by atoms with E-state index in [1.54, 1.807) is 11.8 Å². The zero-order valence-corrected chi connectivity index (χ0v) is 19.4. The van der Waals surface area contributed by atoms with E-state index in [1.165, 1.54) is 5.39 Å². The Kier molecular flexibility index (Phi) is 5.66. The second-order valence-corrected chi connectivity index (χ2v) is 9.26. The lowest BCUT2D eigenvalue weighted by Gasteiger charge is -2.14. The van der Waals surface area contributed by atoms with Gasteiger partial charge in [-0.3, -0.25) is 0 Å². The van der Waals surface area contributed by atoms with Crippen LogP contribution < -0.4 is 9.47 Å². The van der Waals surface area contributed by atoms with E-state index >= 15 is 0 Å². The van der Waals surface area contributed by atoms with E-state index < -0.39 is 0 Å². The number of anilines is 1. The Bertz CT molecular complexity index is 1350. The van der Waals surface area contributed by atoms with Gasteiger partial charge in [-0.25, -0.2) is 10.2 Å². The summed E-state index contributed by atoms with van der Waals surface area (Å²) in [7, 11) is 6.13. The third kappa shape index (κ3) is 3.68. The molecule has 0 atom stereocenters. The fraction of sp³-hybridized carbons (Fsp3) is 0.130. The van der Waals surface area contributed by atoms with Gasteiger partial charge < -0.3 is 9.47 Å². The summed E-state index contributed by atoms with van der Waals surface area (Å²) in [6.45, 7) is 0. The Morgan fingerprint density at radius 3 is 2.78 bits per heavy atom. The molecule has 32 heavy (non-hydrogen) atoms. The van der Waals surface area contributed by atoms with Crippen LogP contribution in [0.2, 0.25) is 0 Å². The van der Waals surface area contributed by atoms with Gasteiger partial charge in [-0.05, 0) is 35.9 Å². The fourth-order valence-electron chi connectivity index (χ4n) is 3.92. The van der Waals surface area contributed by atoms with Crippen molar-refractivity contribution in [3.63, 3.8) is 0 Å². The lowest BCUT2D eigenvalue weighted by molar-refractivity contribution is -0.633. The summed E-state index contributed by atoms with van der Waals surface area (Å²) in [5.41, 5.74) is 4.39. The zero-order chi connectivity index (χ0) is 22.2. The molecule has 0 amide bonds. The number of hydrogen-bond donors (Lipinski definition) is 1. The number of pyridine rings is 1. The standard InChI is InChI=1S/C23H20N4O3S2/c1-25-11-10-24-23(25)20-12-15(17-6-4-5-7-18(17)26(20)2)13-22-27(3)19-14-16(32-30-29-28)8-9-21(19)31-22/h4-14H,1-3H3/p+1. The highest BCUT2D eigenvalue weighted by Crippen LogP contribution is 2.47. The van der Waals surface area contributed by atoms with Crippen LogP contribution in [0.25, 0.3) is 28.5 Å². The molecule has 7 nitrogen and oxygen atoms in total. The number of rotatable bonds is 5. The lowest BCUT2D eigenvalue weighted by Crippen LogP contribution is -2.33. The Balaban J connectivity index is 1.60. The van der Waals surface area contributed by atoms with Crippen molar-refractivity contribution in [3.8, 4) is 11.5 Å². The molecule has 2 aromatic carbocycles. The van der Waals surface area contributed by atoms with Crippen molar-refractivity contribution >= 4 is 46.5 Å². The number of hydrogen-bond acceptors (Lipinski definition) is 7. The number of aryl methyl sites for hydroxylation is 2. The Morgan fingerprint density at radius 1 is 1.16 bits per heavy atom. The predicted octanol–water partition coefficient (Wildman–Crippen LogP) is 5.03. The molecule has 0 bridgehead atoms. The van der Waals surface area contributed by atoms with Crippen molar-refractivity contribution in [3.05, 3.63) is 71.5 Å². The first-order valence-electron chi connectivity index (χ1n) is 9.88. The molecular weight excluding hydrogens is 444 g/mol. The number of aromatic nitrogens is 3.